The van der Waals surface area contributed by atoms with E-state index in [0.717, 1.165) is 49.2 Å². The molecular formula is C27H31NO. The van der Waals surface area contributed by atoms with Gasteiger partial charge >= 0.3 is 0 Å². The number of benzene rings is 3. The summed E-state index contributed by atoms with van der Waals surface area (Å²) in [6.07, 6.45) is 1.28. The predicted octanol–water partition coefficient (Wildman–Crippen LogP) is 6.24. The largest absolute Gasteiger partial charge is 0.388 e. The molecule has 0 aromatic heterocycles. The SMILES string of the molecule is C=C(C)c1ccc([C@H](O)CCCN(Cc2ccccc2)Cc2ccccc2)cc1. The van der Waals surface area contributed by atoms with Crippen LogP contribution in [0.1, 0.15) is 48.1 Å². The lowest BCUT2D eigenvalue weighted by Gasteiger charge is -2.23. The highest BCUT2D eigenvalue weighted by Gasteiger charge is 2.11. The monoisotopic (exact) mass is 385 g/mol. The minimum Gasteiger partial charge on any atom is -0.388 e. The standard InChI is InChI=1S/C27H31NO/c1-22(2)25-15-17-26(18-16-25)27(29)14-9-19-28(20-23-10-5-3-6-11-23)21-24-12-7-4-8-13-24/h3-8,10-13,15-18,27,29H,1,9,14,19-21H2,2H3/t27-/m1/s1. The van der Waals surface area contributed by atoms with Crippen molar-refractivity contribution in [3.8, 4) is 0 Å². The second kappa shape index (κ2) is 10.8. The van der Waals surface area contributed by atoms with Gasteiger partial charge in [0, 0.05) is 13.1 Å². The van der Waals surface area contributed by atoms with Crippen LogP contribution in [-0.2, 0) is 13.1 Å². The molecule has 0 spiro atoms. The van der Waals surface area contributed by atoms with Gasteiger partial charge in [0.05, 0.1) is 6.10 Å². The summed E-state index contributed by atoms with van der Waals surface area (Å²) in [5.41, 5.74) is 5.78. The van der Waals surface area contributed by atoms with Gasteiger partial charge in [-0.1, -0.05) is 97.1 Å². The van der Waals surface area contributed by atoms with Crippen LogP contribution >= 0.6 is 0 Å². The quantitative estimate of drug-likeness (QED) is 0.447. The van der Waals surface area contributed by atoms with Crippen LogP contribution in [0, 0.1) is 0 Å². The Hall–Kier alpha value is -2.68. The molecule has 0 radical (unpaired) electrons. The molecule has 0 unspecified atom stereocenters. The number of aliphatic hydroxyl groups excluding tert-OH is 1. The molecular weight excluding hydrogens is 354 g/mol. The van der Waals surface area contributed by atoms with Crippen LogP contribution in [0.3, 0.4) is 0 Å². The van der Waals surface area contributed by atoms with E-state index in [2.05, 4.69) is 72.1 Å². The highest BCUT2D eigenvalue weighted by molar-refractivity contribution is 5.61. The van der Waals surface area contributed by atoms with Crippen LogP contribution in [-0.4, -0.2) is 16.6 Å². The molecule has 3 aromatic carbocycles. The van der Waals surface area contributed by atoms with Gasteiger partial charge in [-0.3, -0.25) is 4.90 Å². The lowest BCUT2D eigenvalue weighted by molar-refractivity contribution is 0.153. The molecule has 29 heavy (non-hydrogen) atoms. The number of aliphatic hydroxyl groups is 1. The Morgan fingerprint density at radius 2 is 1.34 bits per heavy atom. The second-order valence-electron chi connectivity index (χ2n) is 7.74. The Bertz CT molecular complexity index is 830. The molecule has 1 atom stereocenters. The van der Waals surface area contributed by atoms with Gasteiger partial charge in [0.25, 0.3) is 0 Å². The average molecular weight is 386 g/mol. The molecule has 0 aliphatic rings. The maximum absolute atomic E-state index is 10.6. The summed E-state index contributed by atoms with van der Waals surface area (Å²) >= 11 is 0. The van der Waals surface area contributed by atoms with Gasteiger partial charge in [-0.05, 0) is 48.6 Å². The summed E-state index contributed by atoms with van der Waals surface area (Å²) in [5, 5.41) is 10.6. The van der Waals surface area contributed by atoms with Crippen molar-refractivity contribution in [1.82, 2.24) is 4.90 Å². The topological polar surface area (TPSA) is 23.5 Å². The maximum Gasteiger partial charge on any atom is 0.0790 e. The van der Waals surface area contributed by atoms with Crippen molar-refractivity contribution in [2.75, 3.05) is 6.54 Å². The molecule has 0 saturated heterocycles. The van der Waals surface area contributed by atoms with E-state index < -0.39 is 6.10 Å². The summed E-state index contributed by atoms with van der Waals surface area (Å²) in [7, 11) is 0. The normalized spacial score (nSPS) is 12.1. The average Bonchev–Trinajstić information content (AvgIpc) is 2.75. The van der Waals surface area contributed by atoms with Gasteiger partial charge in [0.15, 0.2) is 0 Å². The van der Waals surface area contributed by atoms with Crippen molar-refractivity contribution in [3.63, 3.8) is 0 Å². The lowest BCUT2D eigenvalue weighted by Crippen LogP contribution is -2.24. The van der Waals surface area contributed by atoms with Crippen molar-refractivity contribution < 1.29 is 5.11 Å². The zero-order valence-corrected chi connectivity index (χ0v) is 17.3. The smallest absolute Gasteiger partial charge is 0.0790 e. The van der Waals surface area contributed by atoms with Gasteiger partial charge < -0.3 is 5.11 Å². The molecule has 0 heterocycles. The Labute approximate surface area is 175 Å². The number of allylic oxidation sites excluding steroid dienone is 1. The molecule has 0 bridgehead atoms. The van der Waals surface area contributed by atoms with Crippen LogP contribution in [0.4, 0.5) is 0 Å². The van der Waals surface area contributed by atoms with Crippen LogP contribution in [0.5, 0.6) is 0 Å². The molecule has 3 aromatic rings. The first kappa shape index (κ1) is 21.0. The Morgan fingerprint density at radius 3 is 1.83 bits per heavy atom. The molecule has 0 fully saturated rings. The van der Waals surface area contributed by atoms with E-state index in [1.54, 1.807) is 0 Å². The summed E-state index contributed by atoms with van der Waals surface area (Å²) in [6.45, 7) is 8.75. The highest BCUT2D eigenvalue weighted by Crippen LogP contribution is 2.21. The summed E-state index contributed by atoms with van der Waals surface area (Å²) < 4.78 is 0. The van der Waals surface area contributed by atoms with Gasteiger partial charge in [-0.15, -0.1) is 0 Å². The summed E-state index contributed by atoms with van der Waals surface area (Å²) in [6, 6.07) is 29.3. The molecule has 1 N–H and O–H groups in total. The molecule has 150 valence electrons. The number of nitrogens with zero attached hydrogens (tertiary/aromatic N) is 1. The van der Waals surface area contributed by atoms with Gasteiger partial charge in [0.1, 0.15) is 0 Å². The Morgan fingerprint density at radius 1 is 0.828 bits per heavy atom. The highest BCUT2D eigenvalue weighted by atomic mass is 16.3. The zero-order chi connectivity index (χ0) is 20.5. The molecule has 0 saturated carbocycles. The fraction of sp³-hybridized carbons (Fsp3) is 0.259. The van der Waals surface area contributed by atoms with E-state index in [4.69, 9.17) is 0 Å². The number of hydrogen-bond donors (Lipinski definition) is 1. The van der Waals surface area contributed by atoms with E-state index in [1.807, 2.05) is 31.2 Å². The molecule has 2 nitrogen and oxygen atoms in total. The fourth-order valence-corrected chi connectivity index (χ4v) is 3.56. The zero-order valence-electron chi connectivity index (χ0n) is 17.3. The first-order chi connectivity index (χ1) is 14.1. The first-order valence-corrected chi connectivity index (χ1v) is 10.4. The third kappa shape index (κ3) is 6.70. The van der Waals surface area contributed by atoms with Crippen molar-refractivity contribution in [1.29, 1.82) is 0 Å². The second-order valence-corrected chi connectivity index (χ2v) is 7.74. The molecule has 0 aliphatic heterocycles. The molecule has 0 amide bonds. The van der Waals surface area contributed by atoms with Crippen molar-refractivity contribution in [2.24, 2.45) is 0 Å². The van der Waals surface area contributed by atoms with Crippen molar-refractivity contribution >= 4 is 5.57 Å². The van der Waals surface area contributed by atoms with Crippen LogP contribution in [0.25, 0.3) is 5.57 Å². The molecule has 0 aliphatic carbocycles. The molecule has 3 rings (SSSR count). The number of hydrogen-bond acceptors (Lipinski definition) is 2. The van der Waals surface area contributed by atoms with Crippen molar-refractivity contribution in [2.45, 2.75) is 39.0 Å². The van der Waals surface area contributed by atoms with E-state index in [0.29, 0.717) is 0 Å². The minimum absolute atomic E-state index is 0.426. The van der Waals surface area contributed by atoms with Gasteiger partial charge in [-0.2, -0.15) is 0 Å². The van der Waals surface area contributed by atoms with E-state index in [1.165, 1.54) is 11.1 Å². The van der Waals surface area contributed by atoms with Crippen LogP contribution in [0.2, 0.25) is 0 Å². The van der Waals surface area contributed by atoms with Crippen molar-refractivity contribution in [3.05, 3.63) is 114 Å². The summed E-state index contributed by atoms with van der Waals surface area (Å²) in [4.78, 5) is 2.46. The third-order valence-corrected chi connectivity index (χ3v) is 5.24. The maximum atomic E-state index is 10.6. The Kier molecular flexibility index (Phi) is 7.80. The fourth-order valence-electron chi connectivity index (χ4n) is 3.56. The third-order valence-electron chi connectivity index (χ3n) is 5.24. The minimum atomic E-state index is -0.426. The van der Waals surface area contributed by atoms with E-state index >= 15 is 0 Å². The van der Waals surface area contributed by atoms with Gasteiger partial charge in [-0.25, -0.2) is 0 Å². The number of rotatable bonds is 10. The first-order valence-electron chi connectivity index (χ1n) is 10.4. The predicted molar refractivity (Wildman–Crippen MR) is 122 cm³/mol. The van der Waals surface area contributed by atoms with Gasteiger partial charge in [0.2, 0.25) is 0 Å². The molecule has 2 heteroatoms. The van der Waals surface area contributed by atoms with Crippen LogP contribution in [0.15, 0.2) is 91.5 Å². The van der Waals surface area contributed by atoms with E-state index in [9.17, 15) is 5.11 Å². The van der Waals surface area contributed by atoms with E-state index in [-0.39, 0.29) is 0 Å². The van der Waals surface area contributed by atoms with Crippen LogP contribution < -0.4 is 0 Å². The summed E-state index contributed by atoms with van der Waals surface area (Å²) in [5.74, 6) is 0. The Balaban J connectivity index is 1.57. The lowest BCUT2D eigenvalue weighted by atomic mass is 10.0.